The van der Waals surface area contributed by atoms with Crippen LogP contribution in [0.25, 0.3) is 16.9 Å². The molecule has 1 saturated heterocycles. The van der Waals surface area contributed by atoms with E-state index in [0.717, 1.165) is 30.5 Å². The third kappa shape index (κ3) is 8.34. The molecule has 2 atom stereocenters. The molecule has 0 bridgehead atoms. The first kappa shape index (κ1) is 33.5. The van der Waals surface area contributed by atoms with Crippen LogP contribution in [-0.2, 0) is 21.4 Å². The van der Waals surface area contributed by atoms with Crippen LogP contribution in [0.4, 0.5) is 5.82 Å². The summed E-state index contributed by atoms with van der Waals surface area (Å²) in [6.07, 6.45) is 11.4. The number of amides is 2. The molecule has 13 nitrogen and oxygen atoms in total. The highest BCUT2D eigenvalue weighted by Gasteiger charge is 2.30. The number of benzene rings is 2. The van der Waals surface area contributed by atoms with Crippen LogP contribution in [0.15, 0.2) is 60.9 Å². The molecule has 14 heteroatoms. The number of aromatic nitrogens is 5. The zero-order valence-electron chi connectivity index (χ0n) is 27.2. The zero-order valence-corrected chi connectivity index (χ0v) is 28.0. The van der Waals surface area contributed by atoms with Crippen LogP contribution < -0.4 is 16.0 Å². The van der Waals surface area contributed by atoms with E-state index in [9.17, 15) is 18.0 Å². The molecule has 1 aliphatic heterocycles. The van der Waals surface area contributed by atoms with E-state index in [1.807, 2.05) is 42.5 Å². The molecular weight excluding hydrogens is 630 g/mol. The number of hydrogen-bond acceptors (Lipinski definition) is 9. The molecular formula is C34H43N9O4S. The largest absolute Gasteiger partial charge is 0.364 e. The number of anilines is 1. The van der Waals surface area contributed by atoms with E-state index >= 15 is 0 Å². The van der Waals surface area contributed by atoms with Crippen molar-refractivity contribution >= 4 is 38.8 Å². The summed E-state index contributed by atoms with van der Waals surface area (Å²) in [4.78, 5) is 35.7. The van der Waals surface area contributed by atoms with Gasteiger partial charge in [0.15, 0.2) is 17.0 Å². The predicted octanol–water partition coefficient (Wildman–Crippen LogP) is 3.82. The Labute approximate surface area is 281 Å². The molecule has 48 heavy (non-hydrogen) atoms. The second kappa shape index (κ2) is 15.2. The van der Waals surface area contributed by atoms with Crippen molar-refractivity contribution in [3.63, 3.8) is 0 Å². The van der Waals surface area contributed by atoms with E-state index < -0.39 is 16.1 Å². The lowest BCUT2D eigenvalue weighted by Crippen LogP contribution is -2.54. The highest BCUT2D eigenvalue weighted by atomic mass is 32.2. The van der Waals surface area contributed by atoms with Gasteiger partial charge >= 0.3 is 0 Å². The molecule has 4 aromatic rings. The molecule has 1 unspecified atom stereocenters. The van der Waals surface area contributed by atoms with E-state index in [1.165, 1.54) is 36.2 Å². The van der Waals surface area contributed by atoms with Crippen molar-refractivity contribution in [3.8, 4) is 5.69 Å². The topological polar surface area (TPSA) is 164 Å². The first-order valence-corrected chi connectivity index (χ1v) is 18.6. The number of carbonyl (C=O) groups excluding carboxylic acids is 2. The van der Waals surface area contributed by atoms with E-state index in [1.54, 1.807) is 16.8 Å². The Bertz CT molecular complexity index is 1810. The minimum Gasteiger partial charge on any atom is -0.364 e. The van der Waals surface area contributed by atoms with E-state index in [4.69, 9.17) is 0 Å². The molecule has 1 saturated carbocycles. The zero-order chi connectivity index (χ0) is 33.5. The van der Waals surface area contributed by atoms with Crippen molar-refractivity contribution in [1.29, 1.82) is 0 Å². The van der Waals surface area contributed by atoms with E-state index in [0.29, 0.717) is 60.8 Å². The second-order valence-electron chi connectivity index (χ2n) is 12.9. The van der Waals surface area contributed by atoms with Gasteiger partial charge in [0.25, 0.3) is 5.91 Å². The first-order chi connectivity index (χ1) is 23.2. The lowest BCUT2D eigenvalue weighted by Gasteiger charge is -2.32. The number of piperidine rings is 1. The summed E-state index contributed by atoms with van der Waals surface area (Å²) in [6.45, 7) is 1.14. The lowest BCUT2D eigenvalue weighted by molar-refractivity contribution is -0.124. The molecule has 6 rings (SSSR count). The number of nitrogens with zero attached hydrogens (tertiary/aromatic N) is 6. The van der Waals surface area contributed by atoms with Crippen molar-refractivity contribution in [2.75, 3.05) is 24.7 Å². The summed E-state index contributed by atoms with van der Waals surface area (Å²) < 4.78 is 27.3. The fourth-order valence-corrected chi connectivity index (χ4v) is 7.54. The van der Waals surface area contributed by atoms with Gasteiger partial charge in [-0.25, -0.2) is 22.7 Å². The molecule has 3 heterocycles. The number of para-hydroxylation sites is 1. The molecule has 2 aromatic heterocycles. The highest BCUT2D eigenvalue weighted by Crippen LogP contribution is 2.28. The maximum Gasteiger partial charge on any atom is 0.251 e. The third-order valence-electron chi connectivity index (χ3n) is 9.32. The van der Waals surface area contributed by atoms with Crippen LogP contribution >= 0.6 is 0 Å². The Hall–Kier alpha value is -4.43. The molecule has 1 aliphatic carbocycles. The standard InChI is InChI=1S/C34H43N9O4S/c1-48(46,47)42-20-8-11-27(22-42)38-34(45)29(19-16-24-9-4-2-5-10-24)39-33(44)26-17-14-25(15-18-26)21-35-31-30-32(37-23-36-31)43(41-40-30)28-12-6-3-7-13-28/h3,6-7,12-15,17-18,23-24,27,29H,2,4-5,8-11,16,19-22H2,1H3,(H,38,45)(H,39,44)(H,35,36,37)/t27?,29-/m0/s1. The van der Waals surface area contributed by atoms with Crippen LogP contribution in [0.2, 0.25) is 0 Å². The Kier molecular flexibility index (Phi) is 10.6. The summed E-state index contributed by atoms with van der Waals surface area (Å²) in [5.41, 5.74) is 3.36. The molecule has 2 aliphatic rings. The minimum atomic E-state index is -3.34. The normalized spacial score (nSPS) is 18.3. The molecule has 2 fully saturated rings. The van der Waals surface area contributed by atoms with Crippen LogP contribution in [0.5, 0.6) is 0 Å². The van der Waals surface area contributed by atoms with Crippen LogP contribution in [0, 0.1) is 5.92 Å². The number of rotatable bonds is 12. The van der Waals surface area contributed by atoms with Crippen molar-refractivity contribution < 1.29 is 18.0 Å². The lowest BCUT2D eigenvalue weighted by atomic mass is 9.85. The summed E-state index contributed by atoms with van der Waals surface area (Å²) in [5, 5.41) is 17.9. The molecule has 0 spiro atoms. The van der Waals surface area contributed by atoms with Gasteiger partial charge < -0.3 is 16.0 Å². The number of nitrogens with one attached hydrogen (secondary N) is 3. The van der Waals surface area contributed by atoms with Crippen molar-refractivity contribution in [2.45, 2.75) is 76.4 Å². The third-order valence-corrected chi connectivity index (χ3v) is 10.6. The van der Waals surface area contributed by atoms with Crippen molar-refractivity contribution in [2.24, 2.45) is 5.92 Å². The maximum atomic E-state index is 13.5. The van der Waals surface area contributed by atoms with Crippen LogP contribution in [-0.4, -0.2) is 80.9 Å². The Morgan fingerprint density at radius 3 is 2.48 bits per heavy atom. The average Bonchev–Trinajstić information content (AvgIpc) is 3.55. The fourth-order valence-electron chi connectivity index (χ4n) is 6.63. The summed E-state index contributed by atoms with van der Waals surface area (Å²) >= 11 is 0. The van der Waals surface area contributed by atoms with Crippen molar-refractivity contribution in [3.05, 3.63) is 72.1 Å². The molecule has 2 amide bonds. The maximum absolute atomic E-state index is 13.5. The number of carbonyl (C=O) groups is 2. The van der Waals surface area contributed by atoms with Gasteiger partial charge in [-0.1, -0.05) is 67.6 Å². The first-order valence-electron chi connectivity index (χ1n) is 16.8. The van der Waals surface area contributed by atoms with Crippen molar-refractivity contribution in [1.82, 2.24) is 39.9 Å². The average molecular weight is 674 g/mol. The molecule has 254 valence electrons. The van der Waals surface area contributed by atoms with Gasteiger partial charge in [-0.15, -0.1) is 5.10 Å². The van der Waals surface area contributed by atoms with Gasteiger partial charge in [-0.3, -0.25) is 9.59 Å². The SMILES string of the molecule is CS(=O)(=O)N1CCCC(NC(=O)[C@H](CCC2CCCCC2)NC(=O)c2ccc(CNc3ncnc4c3nnn4-c3ccccc3)cc2)C1. The van der Waals surface area contributed by atoms with E-state index in [2.05, 4.69) is 36.2 Å². The van der Waals surface area contributed by atoms with Crippen LogP contribution in [0.1, 0.15) is 73.7 Å². The number of fused-ring (bicyclic) bond motifs is 1. The monoisotopic (exact) mass is 673 g/mol. The van der Waals surface area contributed by atoms with Gasteiger partial charge in [0.1, 0.15) is 12.4 Å². The van der Waals surface area contributed by atoms with Gasteiger partial charge in [0.2, 0.25) is 15.9 Å². The molecule has 0 radical (unpaired) electrons. The molecule has 3 N–H and O–H groups in total. The van der Waals surface area contributed by atoms with Gasteiger partial charge in [0.05, 0.1) is 11.9 Å². The summed E-state index contributed by atoms with van der Waals surface area (Å²) in [7, 11) is -3.34. The Morgan fingerprint density at radius 1 is 0.958 bits per heavy atom. The Balaban J connectivity index is 1.09. The minimum absolute atomic E-state index is 0.245. The summed E-state index contributed by atoms with van der Waals surface area (Å²) in [5.74, 6) is 0.510. The predicted molar refractivity (Wildman–Crippen MR) is 183 cm³/mol. The van der Waals surface area contributed by atoms with Gasteiger partial charge in [-0.2, -0.15) is 4.68 Å². The second-order valence-corrected chi connectivity index (χ2v) is 14.8. The fraction of sp³-hybridized carbons (Fsp3) is 0.471. The smallest absolute Gasteiger partial charge is 0.251 e. The van der Waals surface area contributed by atoms with Gasteiger partial charge in [-0.05, 0) is 61.4 Å². The van der Waals surface area contributed by atoms with Gasteiger partial charge in [0, 0.05) is 31.2 Å². The number of sulfonamides is 1. The number of hydrogen-bond donors (Lipinski definition) is 3. The molecule has 2 aromatic carbocycles. The van der Waals surface area contributed by atoms with E-state index in [-0.39, 0.29) is 24.4 Å². The highest BCUT2D eigenvalue weighted by molar-refractivity contribution is 7.88. The summed E-state index contributed by atoms with van der Waals surface area (Å²) in [6, 6.07) is 15.8. The Morgan fingerprint density at radius 2 is 1.73 bits per heavy atom. The quantitative estimate of drug-likeness (QED) is 0.203. The van der Waals surface area contributed by atoms with Crippen LogP contribution in [0.3, 0.4) is 0 Å².